The van der Waals surface area contributed by atoms with Gasteiger partial charge in [-0.05, 0) is 36.4 Å². The Labute approximate surface area is 173 Å². The number of anilines is 1. The lowest BCUT2D eigenvalue weighted by Gasteiger charge is -2.09. The molecule has 1 aromatic heterocycles. The van der Waals surface area contributed by atoms with Gasteiger partial charge in [0.2, 0.25) is 5.91 Å². The Hall–Kier alpha value is -3.57. The predicted molar refractivity (Wildman–Crippen MR) is 113 cm³/mol. The first kappa shape index (κ1) is 20.2. The predicted octanol–water partition coefficient (Wildman–Crippen LogP) is 3.74. The zero-order valence-electron chi connectivity index (χ0n) is 15.8. The van der Waals surface area contributed by atoms with Gasteiger partial charge in [-0.3, -0.25) is 9.36 Å². The standard InChI is InChI=1S/C21H19N5O2S/c1-3-12-26-20(15-8-10-17(28-2)11-9-15)24-25-21(26)29-14-19(27)23-18-7-5-4-6-16(18)13-22/h3-11H,1,12,14H2,2H3,(H,23,27). The van der Waals surface area contributed by atoms with E-state index in [1.54, 1.807) is 37.5 Å². The van der Waals surface area contributed by atoms with Crippen molar-refractivity contribution in [2.75, 3.05) is 18.2 Å². The van der Waals surface area contributed by atoms with Crippen molar-refractivity contribution >= 4 is 23.4 Å². The quantitative estimate of drug-likeness (QED) is 0.453. The third-order valence-corrected chi connectivity index (χ3v) is 5.00. The molecular formula is C21H19N5O2S. The first-order valence-electron chi connectivity index (χ1n) is 8.76. The van der Waals surface area contributed by atoms with Crippen molar-refractivity contribution in [1.29, 1.82) is 5.26 Å². The van der Waals surface area contributed by atoms with Gasteiger partial charge >= 0.3 is 0 Å². The van der Waals surface area contributed by atoms with Crippen molar-refractivity contribution in [2.45, 2.75) is 11.7 Å². The molecule has 3 rings (SSSR count). The minimum absolute atomic E-state index is 0.137. The lowest BCUT2D eigenvalue weighted by Crippen LogP contribution is -2.15. The Bertz CT molecular complexity index is 1050. The summed E-state index contributed by atoms with van der Waals surface area (Å²) in [5, 5.41) is 21.0. The molecular weight excluding hydrogens is 386 g/mol. The highest BCUT2D eigenvalue weighted by atomic mass is 32.2. The van der Waals surface area contributed by atoms with Crippen LogP contribution in [0.4, 0.5) is 5.69 Å². The van der Waals surface area contributed by atoms with E-state index >= 15 is 0 Å². The number of ether oxygens (including phenoxy) is 1. The Morgan fingerprint density at radius 1 is 1.28 bits per heavy atom. The summed E-state index contributed by atoms with van der Waals surface area (Å²) in [4.78, 5) is 12.3. The molecule has 0 unspecified atom stereocenters. The van der Waals surface area contributed by atoms with Gasteiger partial charge in [0.25, 0.3) is 0 Å². The molecule has 0 aliphatic heterocycles. The number of methoxy groups -OCH3 is 1. The first-order chi connectivity index (χ1) is 14.2. The zero-order valence-corrected chi connectivity index (χ0v) is 16.6. The number of carbonyl (C=O) groups excluding carboxylic acids is 1. The molecule has 0 bridgehead atoms. The number of nitrogens with zero attached hydrogens (tertiary/aromatic N) is 4. The highest BCUT2D eigenvalue weighted by Crippen LogP contribution is 2.26. The number of amides is 1. The number of thioether (sulfide) groups is 1. The maximum Gasteiger partial charge on any atom is 0.234 e. The maximum absolute atomic E-state index is 12.3. The number of hydrogen-bond donors (Lipinski definition) is 1. The number of aromatic nitrogens is 3. The largest absolute Gasteiger partial charge is 0.497 e. The fourth-order valence-corrected chi connectivity index (χ4v) is 3.40. The topological polar surface area (TPSA) is 92.8 Å². The number of hydrogen-bond acceptors (Lipinski definition) is 6. The van der Waals surface area contributed by atoms with E-state index in [0.29, 0.717) is 28.8 Å². The minimum atomic E-state index is -0.225. The first-order valence-corrected chi connectivity index (χ1v) is 9.75. The zero-order chi connectivity index (χ0) is 20.6. The van der Waals surface area contributed by atoms with Crippen molar-refractivity contribution in [1.82, 2.24) is 14.8 Å². The number of rotatable bonds is 8. The summed E-state index contributed by atoms with van der Waals surface area (Å²) in [5.41, 5.74) is 1.80. The summed E-state index contributed by atoms with van der Waals surface area (Å²) in [6, 6.07) is 16.5. The van der Waals surface area contributed by atoms with Gasteiger partial charge in [0.15, 0.2) is 11.0 Å². The molecule has 0 spiro atoms. The molecule has 0 fully saturated rings. The van der Waals surface area contributed by atoms with E-state index in [9.17, 15) is 4.79 Å². The smallest absolute Gasteiger partial charge is 0.234 e. The maximum atomic E-state index is 12.3. The van der Waals surface area contributed by atoms with Crippen LogP contribution in [-0.2, 0) is 11.3 Å². The summed E-state index contributed by atoms with van der Waals surface area (Å²) in [6.07, 6.45) is 1.75. The molecule has 0 atom stereocenters. The second kappa shape index (κ2) is 9.57. The summed E-state index contributed by atoms with van der Waals surface area (Å²) in [5.74, 6) is 1.35. The summed E-state index contributed by atoms with van der Waals surface area (Å²) in [7, 11) is 1.62. The van der Waals surface area contributed by atoms with Crippen LogP contribution in [0.25, 0.3) is 11.4 Å². The van der Waals surface area contributed by atoms with Gasteiger partial charge in [-0.15, -0.1) is 16.8 Å². The van der Waals surface area contributed by atoms with Gasteiger partial charge in [-0.1, -0.05) is 30.0 Å². The van der Waals surface area contributed by atoms with Crippen molar-refractivity contribution < 1.29 is 9.53 Å². The molecule has 1 amide bonds. The molecule has 1 N–H and O–H groups in total. The van der Waals surface area contributed by atoms with E-state index in [4.69, 9.17) is 10.00 Å². The van der Waals surface area contributed by atoms with Crippen LogP contribution in [0.3, 0.4) is 0 Å². The van der Waals surface area contributed by atoms with E-state index in [2.05, 4.69) is 28.2 Å². The summed E-state index contributed by atoms with van der Waals surface area (Å²) >= 11 is 1.27. The second-order valence-corrected chi connectivity index (χ2v) is 6.87. The SMILES string of the molecule is C=CCn1c(SCC(=O)Nc2ccccc2C#N)nnc1-c1ccc(OC)cc1. The molecule has 146 valence electrons. The lowest BCUT2D eigenvalue weighted by molar-refractivity contribution is -0.113. The van der Waals surface area contributed by atoms with Crippen LogP contribution >= 0.6 is 11.8 Å². The Morgan fingerprint density at radius 2 is 2.03 bits per heavy atom. The van der Waals surface area contributed by atoms with E-state index in [1.165, 1.54) is 11.8 Å². The van der Waals surface area contributed by atoms with Gasteiger partial charge in [-0.2, -0.15) is 5.26 Å². The van der Waals surface area contributed by atoms with Crippen LogP contribution in [0.2, 0.25) is 0 Å². The van der Waals surface area contributed by atoms with E-state index < -0.39 is 0 Å². The van der Waals surface area contributed by atoms with Crippen molar-refractivity contribution in [3.63, 3.8) is 0 Å². The van der Waals surface area contributed by atoms with Crippen LogP contribution < -0.4 is 10.1 Å². The number of nitriles is 1. The highest BCUT2D eigenvalue weighted by molar-refractivity contribution is 7.99. The van der Waals surface area contributed by atoms with Gasteiger partial charge in [0, 0.05) is 12.1 Å². The number of carbonyl (C=O) groups is 1. The molecule has 0 aliphatic rings. The fourth-order valence-electron chi connectivity index (χ4n) is 2.65. The van der Waals surface area contributed by atoms with E-state index in [-0.39, 0.29) is 11.7 Å². The molecule has 2 aromatic carbocycles. The molecule has 7 nitrogen and oxygen atoms in total. The Balaban J connectivity index is 1.73. The molecule has 0 aliphatic carbocycles. The molecule has 29 heavy (non-hydrogen) atoms. The highest BCUT2D eigenvalue weighted by Gasteiger charge is 2.15. The van der Waals surface area contributed by atoms with Crippen molar-refractivity contribution in [3.05, 3.63) is 66.7 Å². The molecule has 0 saturated heterocycles. The van der Waals surface area contributed by atoms with Gasteiger partial charge in [0.1, 0.15) is 11.8 Å². The van der Waals surface area contributed by atoms with Crippen LogP contribution in [0, 0.1) is 11.3 Å². The van der Waals surface area contributed by atoms with Gasteiger partial charge in [-0.25, -0.2) is 0 Å². The van der Waals surface area contributed by atoms with Crippen LogP contribution in [-0.4, -0.2) is 33.5 Å². The second-order valence-electron chi connectivity index (χ2n) is 5.93. The van der Waals surface area contributed by atoms with E-state index in [0.717, 1.165) is 11.3 Å². The number of para-hydroxylation sites is 1. The Morgan fingerprint density at radius 3 is 2.72 bits per heavy atom. The van der Waals surface area contributed by atoms with Gasteiger partial charge < -0.3 is 10.1 Å². The number of allylic oxidation sites excluding steroid dienone is 1. The van der Waals surface area contributed by atoms with Crippen LogP contribution in [0.15, 0.2) is 66.3 Å². The number of nitrogens with one attached hydrogen (secondary N) is 1. The lowest BCUT2D eigenvalue weighted by atomic mass is 10.2. The minimum Gasteiger partial charge on any atom is -0.497 e. The monoisotopic (exact) mass is 405 g/mol. The summed E-state index contributed by atoms with van der Waals surface area (Å²) < 4.78 is 7.09. The van der Waals surface area contributed by atoms with Crippen LogP contribution in [0.5, 0.6) is 5.75 Å². The van der Waals surface area contributed by atoms with E-state index in [1.807, 2.05) is 28.8 Å². The Kier molecular flexibility index (Phi) is 6.66. The molecule has 0 saturated carbocycles. The average Bonchev–Trinajstić information content (AvgIpc) is 3.15. The van der Waals surface area contributed by atoms with Crippen molar-refractivity contribution in [3.8, 4) is 23.2 Å². The van der Waals surface area contributed by atoms with Gasteiger partial charge in [0.05, 0.1) is 24.1 Å². The fraction of sp³-hybridized carbons (Fsp3) is 0.143. The van der Waals surface area contributed by atoms with Crippen molar-refractivity contribution in [2.24, 2.45) is 0 Å². The molecule has 0 radical (unpaired) electrons. The average molecular weight is 405 g/mol. The molecule has 8 heteroatoms. The molecule has 1 heterocycles. The normalized spacial score (nSPS) is 10.2. The summed E-state index contributed by atoms with van der Waals surface area (Å²) in [6.45, 7) is 4.30. The number of benzene rings is 2. The van der Waals surface area contributed by atoms with Crippen LogP contribution in [0.1, 0.15) is 5.56 Å². The third kappa shape index (κ3) is 4.83. The third-order valence-electron chi connectivity index (χ3n) is 4.03. The molecule has 3 aromatic rings.